The first kappa shape index (κ1) is 14.4. The molecule has 106 valence electrons. The minimum Gasteiger partial charge on any atom is -0.383 e. The molecule has 1 aromatic heterocycles. The van der Waals surface area contributed by atoms with E-state index in [9.17, 15) is 9.50 Å². The predicted octanol–water partition coefficient (Wildman–Crippen LogP) is 2.73. The maximum absolute atomic E-state index is 13.0. The van der Waals surface area contributed by atoms with Gasteiger partial charge in [0.05, 0.1) is 11.9 Å². The first-order valence-electron chi connectivity index (χ1n) is 7.12. The van der Waals surface area contributed by atoms with Gasteiger partial charge in [0, 0.05) is 12.0 Å². The second-order valence-corrected chi connectivity index (χ2v) is 5.62. The van der Waals surface area contributed by atoms with E-state index >= 15 is 0 Å². The van der Waals surface area contributed by atoms with E-state index in [1.54, 1.807) is 6.07 Å². The van der Waals surface area contributed by atoms with Gasteiger partial charge in [0.2, 0.25) is 0 Å². The largest absolute Gasteiger partial charge is 0.383 e. The van der Waals surface area contributed by atoms with Gasteiger partial charge in [0.25, 0.3) is 0 Å². The highest BCUT2D eigenvalue weighted by atomic mass is 19.1. The van der Waals surface area contributed by atoms with E-state index in [0.717, 1.165) is 25.7 Å². The van der Waals surface area contributed by atoms with E-state index in [1.807, 2.05) is 6.92 Å². The van der Waals surface area contributed by atoms with Crippen molar-refractivity contribution < 1.29 is 9.50 Å². The molecule has 0 radical (unpaired) electrons. The van der Waals surface area contributed by atoms with Crippen LogP contribution in [0.25, 0.3) is 0 Å². The summed E-state index contributed by atoms with van der Waals surface area (Å²) in [5.41, 5.74) is 5.16. The molecule has 3 nitrogen and oxygen atoms in total. The molecule has 0 saturated heterocycles. The van der Waals surface area contributed by atoms with Crippen LogP contribution < -0.4 is 5.73 Å². The Morgan fingerprint density at radius 2 is 2.05 bits per heavy atom. The van der Waals surface area contributed by atoms with Crippen LogP contribution in [0.4, 0.5) is 4.39 Å². The number of halogens is 1. The number of pyridine rings is 1. The lowest BCUT2D eigenvalue weighted by Gasteiger charge is -2.48. The summed E-state index contributed by atoms with van der Waals surface area (Å²) in [6, 6.07) is 2.95. The number of hydrogen-bond donors (Lipinski definition) is 2. The van der Waals surface area contributed by atoms with Crippen molar-refractivity contribution in [1.29, 1.82) is 0 Å². The molecule has 1 fully saturated rings. The molecule has 0 spiro atoms. The lowest BCUT2D eigenvalue weighted by molar-refractivity contribution is -0.112. The predicted molar refractivity (Wildman–Crippen MR) is 73.0 cm³/mol. The fourth-order valence-electron chi connectivity index (χ4n) is 3.46. The van der Waals surface area contributed by atoms with E-state index in [4.69, 9.17) is 5.73 Å². The molecule has 1 aliphatic carbocycles. The third-order valence-corrected chi connectivity index (χ3v) is 4.74. The first-order chi connectivity index (χ1) is 9.08. The number of aromatic nitrogens is 1. The lowest BCUT2D eigenvalue weighted by atomic mass is 9.61. The zero-order valence-electron chi connectivity index (χ0n) is 11.5. The highest BCUT2D eigenvalue weighted by molar-refractivity contribution is 5.19. The molecule has 4 heteroatoms. The number of rotatable bonds is 4. The maximum Gasteiger partial charge on any atom is 0.141 e. The molecule has 3 N–H and O–H groups in total. The fraction of sp³-hybridized carbons (Fsp3) is 0.667. The Kier molecular flexibility index (Phi) is 4.21. The van der Waals surface area contributed by atoms with Crippen LogP contribution in [0, 0.1) is 11.2 Å². The van der Waals surface area contributed by atoms with Crippen LogP contribution in [-0.4, -0.2) is 16.6 Å². The summed E-state index contributed by atoms with van der Waals surface area (Å²) in [5.74, 6) is -0.382. The summed E-state index contributed by atoms with van der Waals surface area (Å²) in [6.45, 7) is 2.38. The van der Waals surface area contributed by atoms with Gasteiger partial charge in [0.1, 0.15) is 11.4 Å². The minimum atomic E-state index is -1.06. The van der Waals surface area contributed by atoms with Crippen LogP contribution >= 0.6 is 0 Å². The van der Waals surface area contributed by atoms with Crippen molar-refractivity contribution in [2.24, 2.45) is 11.1 Å². The van der Waals surface area contributed by atoms with E-state index in [-0.39, 0.29) is 11.2 Å². The van der Waals surface area contributed by atoms with Crippen molar-refractivity contribution in [3.8, 4) is 0 Å². The van der Waals surface area contributed by atoms with Crippen molar-refractivity contribution >= 4 is 0 Å². The van der Waals surface area contributed by atoms with Gasteiger partial charge in [-0.05, 0) is 31.4 Å². The van der Waals surface area contributed by atoms with Crippen LogP contribution in [-0.2, 0) is 5.60 Å². The average Bonchev–Trinajstić information content (AvgIpc) is 2.47. The summed E-state index contributed by atoms with van der Waals surface area (Å²) in [5, 5.41) is 11.2. The van der Waals surface area contributed by atoms with Gasteiger partial charge in [-0.3, -0.25) is 4.98 Å². The van der Waals surface area contributed by atoms with Crippen LogP contribution in [0.5, 0.6) is 0 Å². The highest BCUT2D eigenvalue weighted by Gasteiger charge is 2.50. The molecular formula is C15H23FN2O. The lowest BCUT2D eigenvalue weighted by Crippen LogP contribution is -2.51. The smallest absolute Gasteiger partial charge is 0.141 e. The molecule has 0 bridgehead atoms. The molecule has 0 amide bonds. The third-order valence-electron chi connectivity index (χ3n) is 4.74. The SMILES string of the molecule is CCC(O)(c1ccc(F)cn1)C1(CN)CCCCC1. The Balaban J connectivity index is 2.42. The van der Waals surface area contributed by atoms with Crippen molar-refractivity contribution in [3.05, 3.63) is 29.8 Å². The van der Waals surface area contributed by atoms with E-state index < -0.39 is 5.60 Å². The molecule has 1 unspecified atom stereocenters. The Morgan fingerprint density at radius 3 is 2.53 bits per heavy atom. The quantitative estimate of drug-likeness (QED) is 0.881. The second kappa shape index (κ2) is 5.55. The standard InChI is InChI=1S/C15H23FN2O/c1-2-15(19,13-7-6-12(16)10-18-13)14(11-17)8-4-3-5-9-14/h6-7,10,19H,2-5,8-9,11,17H2,1H3. The minimum absolute atomic E-state index is 0.329. The molecule has 1 aliphatic rings. The molecule has 1 heterocycles. The topological polar surface area (TPSA) is 59.1 Å². The molecule has 0 aromatic carbocycles. The summed E-state index contributed by atoms with van der Waals surface area (Å²) >= 11 is 0. The van der Waals surface area contributed by atoms with Crippen molar-refractivity contribution in [1.82, 2.24) is 4.98 Å². The highest BCUT2D eigenvalue weighted by Crippen LogP contribution is 2.50. The zero-order valence-corrected chi connectivity index (χ0v) is 11.5. The van der Waals surface area contributed by atoms with Gasteiger partial charge in [-0.15, -0.1) is 0 Å². The molecule has 1 aromatic rings. The first-order valence-corrected chi connectivity index (χ1v) is 7.12. The number of nitrogens with two attached hydrogens (primary N) is 1. The van der Waals surface area contributed by atoms with Gasteiger partial charge < -0.3 is 10.8 Å². The molecule has 1 atom stereocenters. The summed E-state index contributed by atoms with van der Waals surface area (Å²) in [6.07, 6.45) is 6.89. The second-order valence-electron chi connectivity index (χ2n) is 5.62. The third kappa shape index (κ3) is 2.39. The van der Waals surface area contributed by atoms with Gasteiger partial charge in [-0.1, -0.05) is 26.2 Å². The zero-order chi connectivity index (χ0) is 13.9. The van der Waals surface area contributed by atoms with E-state index in [2.05, 4.69) is 4.98 Å². The van der Waals surface area contributed by atoms with Crippen molar-refractivity contribution in [2.45, 2.75) is 51.0 Å². The molecular weight excluding hydrogens is 243 g/mol. The fourth-order valence-corrected chi connectivity index (χ4v) is 3.46. The average molecular weight is 266 g/mol. The Morgan fingerprint density at radius 1 is 1.37 bits per heavy atom. The molecule has 2 rings (SSSR count). The van der Waals surface area contributed by atoms with Crippen LogP contribution in [0.1, 0.15) is 51.1 Å². The van der Waals surface area contributed by atoms with Crippen LogP contribution in [0.2, 0.25) is 0 Å². The Labute approximate surface area is 114 Å². The number of aliphatic hydroxyl groups is 1. The monoisotopic (exact) mass is 266 g/mol. The summed E-state index contributed by atoms with van der Waals surface area (Å²) in [4.78, 5) is 4.11. The normalized spacial score (nSPS) is 21.9. The Hall–Kier alpha value is -1.00. The Bertz CT molecular complexity index is 415. The number of nitrogens with zero attached hydrogens (tertiary/aromatic N) is 1. The molecule has 1 saturated carbocycles. The summed E-state index contributed by atoms with van der Waals surface area (Å²) < 4.78 is 13.0. The van der Waals surface area contributed by atoms with Crippen molar-refractivity contribution in [3.63, 3.8) is 0 Å². The van der Waals surface area contributed by atoms with Crippen LogP contribution in [0.15, 0.2) is 18.3 Å². The summed E-state index contributed by atoms with van der Waals surface area (Å²) in [7, 11) is 0. The van der Waals surface area contributed by atoms with Crippen molar-refractivity contribution in [2.75, 3.05) is 6.54 Å². The van der Waals surface area contributed by atoms with E-state index in [1.165, 1.54) is 18.7 Å². The van der Waals surface area contributed by atoms with E-state index in [0.29, 0.717) is 18.7 Å². The van der Waals surface area contributed by atoms with Gasteiger partial charge in [-0.25, -0.2) is 4.39 Å². The number of hydrogen-bond acceptors (Lipinski definition) is 3. The molecule has 0 aliphatic heterocycles. The van der Waals surface area contributed by atoms with Gasteiger partial charge in [-0.2, -0.15) is 0 Å². The molecule has 19 heavy (non-hydrogen) atoms. The van der Waals surface area contributed by atoms with Gasteiger partial charge >= 0.3 is 0 Å². The maximum atomic E-state index is 13.0. The van der Waals surface area contributed by atoms with Crippen LogP contribution in [0.3, 0.4) is 0 Å². The van der Waals surface area contributed by atoms with Gasteiger partial charge in [0.15, 0.2) is 0 Å².